The van der Waals surface area contributed by atoms with E-state index in [-0.39, 0.29) is 18.2 Å². The molecule has 3 N–H and O–H groups in total. The molecule has 0 aliphatic carbocycles. The molecule has 0 heterocycles. The summed E-state index contributed by atoms with van der Waals surface area (Å²) in [6, 6.07) is 0. The molecule has 0 saturated heterocycles. The van der Waals surface area contributed by atoms with E-state index < -0.39 is 6.09 Å². The van der Waals surface area contributed by atoms with Crippen molar-refractivity contribution < 1.29 is 14.3 Å². The van der Waals surface area contributed by atoms with Crippen LogP contribution in [0.2, 0.25) is 0 Å². The number of carbonyl (C=O) groups excluding carboxylic acids is 2. The quantitative estimate of drug-likeness (QED) is 0.623. The number of hydrogen-bond acceptors (Lipinski definition) is 3. The Morgan fingerprint density at radius 2 is 2.13 bits per heavy atom. The maximum absolute atomic E-state index is 11.1. The third-order valence-electron chi connectivity index (χ3n) is 1.88. The number of nitrogens with one attached hydrogen (secondary N) is 1. The summed E-state index contributed by atoms with van der Waals surface area (Å²) in [6.45, 7) is 4.72. The number of primary amides is 1. The van der Waals surface area contributed by atoms with Gasteiger partial charge in [0.1, 0.15) is 0 Å². The van der Waals surface area contributed by atoms with Gasteiger partial charge < -0.3 is 15.8 Å². The Morgan fingerprint density at radius 3 is 2.67 bits per heavy atom. The van der Waals surface area contributed by atoms with E-state index in [9.17, 15) is 9.59 Å². The first-order valence-electron chi connectivity index (χ1n) is 5.25. The Labute approximate surface area is 90.4 Å². The molecule has 0 fully saturated rings. The molecule has 15 heavy (non-hydrogen) atoms. The smallest absolute Gasteiger partial charge is 0.407 e. The van der Waals surface area contributed by atoms with Gasteiger partial charge in [0.25, 0.3) is 0 Å². The standard InChI is InChI=1S/C10H20N2O3/c1-3-4-5-15-10(14)12-7-8(2)6-9(11)13/h8H,3-7H2,1-2H3,(H2,11,13)(H,12,14). The summed E-state index contributed by atoms with van der Waals surface area (Å²) in [4.78, 5) is 21.6. The number of hydrogen-bond donors (Lipinski definition) is 2. The number of unbranched alkanes of at least 4 members (excludes halogenated alkanes) is 1. The molecule has 0 aliphatic rings. The lowest BCUT2D eigenvalue weighted by Crippen LogP contribution is -2.30. The van der Waals surface area contributed by atoms with Crippen molar-refractivity contribution in [2.24, 2.45) is 11.7 Å². The summed E-state index contributed by atoms with van der Waals surface area (Å²) in [5.74, 6) is -0.315. The molecular formula is C10H20N2O3. The van der Waals surface area contributed by atoms with E-state index in [0.717, 1.165) is 12.8 Å². The van der Waals surface area contributed by atoms with Crippen molar-refractivity contribution in [2.45, 2.75) is 33.1 Å². The van der Waals surface area contributed by atoms with Crippen molar-refractivity contribution >= 4 is 12.0 Å². The lowest BCUT2D eigenvalue weighted by atomic mass is 10.1. The predicted octanol–water partition coefficient (Wildman–Crippen LogP) is 1.02. The van der Waals surface area contributed by atoms with E-state index >= 15 is 0 Å². The van der Waals surface area contributed by atoms with Crippen LogP contribution in [0.3, 0.4) is 0 Å². The highest BCUT2D eigenvalue weighted by Gasteiger charge is 2.08. The number of ether oxygens (including phenoxy) is 1. The first-order valence-corrected chi connectivity index (χ1v) is 5.25. The zero-order valence-corrected chi connectivity index (χ0v) is 9.41. The summed E-state index contributed by atoms with van der Waals surface area (Å²) in [5.41, 5.74) is 5.02. The first-order chi connectivity index (χ1) is 7.06. The second-order valence-electron chi connectivity index (χ2n) is 3.65. The second kappa shape index (κ2) is 8.08. The largest absolute Gasteiger partial charge is 0.450 e. The zero-order chi connectivity index (χ0) is 11.7. The number of carbonyl (C=O) groups is 2. The third-order valence-corrected chi connectivity index (χ3v) is 1.88. The molecule has 0 aromatic carbocycles. The maximum Gasteiger partial charge on any atom is 0.407 e. The van der Waals surface area contributed by atoms with Gasteiger partial charge in [0.05, 0.1) is 6.61 Å². The summed E-state index contributed by atoms with van der Waals surface area (Å²) >= 11 is 0. The average molecular weight is 216 g/mol. The van der Waals surface area contributed by atoms with E-state index in [1.807, 2.05) is 13.8 Å². The van der Waals surface area contributed by atoms with Gasteiger partial charge in [0.15, 0.2) is 0 Å². The van der Waals surface area contributed by atoms with Crippen LogP contribution in [0.1, 0.15) is 33.1 Å². The van der Waals surface area contributed by atoms with Gasteiger partial charge in [0, 0.05) is 13.0 Å². The monoisotopic (exact) mass is 216 g/mol. The van der Waals surface area contributed by atoms with Crippen molar-refractivity contribution in [1.82, 2.24) is 5.32 Å². The van der Waals surface area contributed by atoms with Gasteiger partial charge in [-0.2, -0.15) is 0 Å². The number of alkyl carbamates (subject to hydrolysis) is 1. The normalized spacial score (nSPS) is 11.9. The van der Waals surface area contributed by atoms with Gasteiger partial charge in [-0.05, 0) is 12.3 Å². The fourth-order valence-electron chi connectivity index (χ4n) is 1.03. The van der Waals surface area contributed by atoms with E-state index in [1.54, 1.807) is 0 Å². The minimum absolute atomic E-state index is 0.0428. The lowest BCUT2D eigenvalue weighted by Gasteiger charge is -2.10. The molecule has 1 atom stereocenters. The van der Waals surface area contributed by atoms with E-state index in [2.05, 4.69) is 5.32 Å². The minimum Gasteiger partial charge on any atom is -0.450 e. The summed E-state index contributed by atoms with van der Waals surface area (Å²) in [6.07, 6.45) is 1.70. The van der Waals surface area contributed by atoms with Crippen LogP contribution < -0.4 is 11.1 Å². The number of amides is 2. The van der Waals surface area contributed by atoms with Crippen LogP contribution in [0, 0.1) is 5.92 Å². The minimum atomic E-state index is -0.431. The second-order valence-corrected chi connectivity index (χ2v) is 3.65. The van der Waals surface area contributed by atoms with Gasteiger partial charge in [-0.3, -0.25) is 4.79 Å². The molecule has 0 saturated carbocycles. The van der Waals surface area contributed by atoms with E-state index in [4.69, 9.17) is 10.5 Å². The Balaban J connectivity index is 3.48. The van der Waals surface area contributed by atoms with Crippen LogP contribution in [0.15, 0.2) is 0 Å². The fourth-order valence-corrected chi connectivity index (χ4v) is 1.03. The van der Waals surface area contributed by atoms with Crippen molar-refractivity contribution in [3.05, 3.63) is 0 Å². The maximum atomic E-state index is 11.1. The highest BCUT2D eigenvalue weighted by Crippen LogP contribution is 1.98. The molecule has 88 valence electrons. The molecule has 5 nitrogen and oxygen atoms in total. The molecule has 0 spiro atoms. The zero-order valence-electron chi connectivity index (χ0n) is 9.41. The van der Waals surface area contributed by atoms with Gasteiger partial charge in [-0.1, -0.05) is 20.3 Å². The molecule has 2 amide bonds. The Morgan fingerprint density at radius 1 is 1.47 bits per heavy atom. The van der Waals surface area contributed by atoms with Crippen LogP contribution in [0.5, 0.6) is 0 Å². The van der Waals surface area contributed by atoms with Gasteiger partial charge in [0.2, 0.25) is 5.91 Å². The fraction of sp³-hybridized carbons (Fsp3) is 0.800. The van der Waals surface area contributed by atoms with Crippen molar-refractivity contribution in [2.75, 3.05) is 13.2 Å². The van der Waals surface area contributed by atoms with Crippen molar-refractivity contribution in [3.63, 3.8) is 0 Å². The Hall–Kier alpha value is -1.26. The van der Waals surface area contributed by atoms with Crippen molar-refractivity contribution in [3.8, 4) is 0 Å². The highest BCUT2D eigenvalue weighted by atomic mass is 16.5. The average Bonchev–Trinajstić information content (AvgIpc) is 2.14. The lowest BCUT2D eigenvalue weighted by molar-refractivity contribution is -0.118. The van der Waals surface area contributed by atoms with Crippen LogP contribution in [-0.2, 0) is 9.53 Å². The van der Waals surface area contributed by atoms with Crippen LogP contribution >= 0.6 is 0 Å². The number of rotatable bonds is 7. The van der Waals surface area contributed by atoms with Crippen LogP contribution in [0.4, 0.5) is 4.79 Å². The summed E-state index contributed by atoms with van der Waals surface area (Å²) in [7, 11) is 0. The number of nitrogens with two attached hydrogens (primary N) is 1. The summed E-state index contributed by atoms with van der Waals surface area (Å²) in [5, 5.41) is 2.58. The summed E-state index contributed by atoms with van der Waals surface area (Å²) < 4.78 is 4.87. The van der Waals surface area contributed by atoms with Gasteiger partial charge >= 0.3 is 6.09 Å². The highest BCUT2D eigenvalue weighted by molar-refractivity contribution is 5.74. The Kier molecular flexibility index (Phi) is 7.40. The molecular weight excluding hydrogens is 196 g/mol. The van der Waals surface area contributed by atoms with Gasteiger partial charge in [-0.15, -0.1) is 0 Å². The van der Waals surface area contributed by atoms with Crippen molar-refractivity contribution in [1.29, 1.82) is 0 Å². The third kappa shape index (κ3) is 9.05. The molecule has 0 aromatic rings. The first kappa shape index (κ1) is 13.7. The van der Waals surface area contributed by atoms with E-state index in [1.165, 1.54) is 0 Å². The molecule has 0 bridgehead atoms. The molecule has 0 rings (SSSR count). The molecule has 0 radical (unpaired) electrons. The molecule has 0 aromatic heterocycles. The van der Waals surface area contributed by atoms with Crippen LogP contribution in [0.25, 0.3) is 0 Å². The van der Waals surface area contributed by atoms with Crippen LogP contribution in [-0.4, -0.2) is 25.2 Å². The topological polar surface area (TPSA) is 81.4 Å². The predicted molar refractivity (Wildman–Crippen MR) is 57.2 cm³/mol. The Bertz CT molecular complexity index is 207. The molecule has 1 unspecified atom stereocenters. The van der Waals surface area contributed by atoms with Gasteiger partial charge in [-0.25, -0.2) is 4.79 Å². The SMILES string of the molecule is CCCCOC(=O)NCC(C)CC(N)=O. The van der Waals surface area contributed by atoms with E-state index in [0.29, 0.717) is 13.2 Å². The molecule has 0 aliphatic heterocycles. The molecule has 5 heteroatoms.